The third-order valence-electron chi connectivity index (χ3n) is 2.31. The normalized spacial score (nSPS) is 11.1. The quantitative estimate of drug-likeness (QED) is 0.377. The molecule has 20 heavy (non-hydrogen) atoms. The van der Waals surface area contributed by atoms with E-state index in [9.17, 15) is 9.59 Å². The molecule has 0 spiro atoms. The van der Waals surface area contributed by atoms with Crippen LogP contribution in [0, 0.1) is 0 Å². The molecule has 2 amide bonds. The molecular formula is C12H13ClN4O3. The molecule has 0 saturated carbocycles. The van der Waals surface area contributed by atoms with Gasteiger partial charge in [0.25, 0.3) is 0 Å². The predicted molar refractivity (Wildman–Crippen MR) is 73.0 cm³/mol. The van der Waals surface area contributed by atoms with Crippen molar-refractivity contribution in [2.45, 2.75) is 19.1 Å². The number of carbonyl (C=O) groups excluding carboxylic acids is 2. The molecule has 0 aliphatic carbocycles. The average molecular weight is 297 g/mol. The summed E-state index contributed by atoms with van der Waals surface area (Å²) in [5.74, 6) is -0.600. The first kappa shape index (κ1) is 15.8. The van der Waals surface area contributed by atoms with Crippen LogP contribution in [0.2, 0.25) is 0 Å². The number of alkyl halides is 1. The Morgan fingerprint density at radius 1 is 1.40 bits per heavy atom. The van der Waals surface area contributed by atoms with Crippen LogP contribution < -0.4 is 5.32 Å². The lowest BCUT2D eigenvalue weighted by atomic mass is 10.2. The topological polar surface area (TPSA) is 104 Å². The second-order valence-corrected chi connectivity index (χ2v) is 4.13. The summed E-state index contributed by atoms with van der Waals surface area (Å²) in [6.07, 6.45) is -0.754. The number of hydrogen-bond donors (Lipinski definition) is 1. The minimum absolute atomic E-state index is 0.0433. The molecule has 0 fully saturated rings. The maximum atomic E-state index is 11.6. The third-order valence-corrected chi connectivity index (χ3v) is 2.53. The van der Waals surface area contributed by atoms with E-state index >= 15 is 0 Å². The van der Waals surface area contributed by atoms with Crippen LogP contribution >= 0.6 is 11.6 Å². The van der Waals surface area contributed by atoms with Crippen molar-refractivity contribution in [3.05, 3.63) is 46.3 Å². The molecule has 0 saturated heterocycles. The number of imide groups is 1. The van der Waals surface area contributed by atoms with Gasteiger partial charge in [0.05, 0.1) is 0 Å². The number of benzene rings is 1. The van der Waals surface area contributed by atoms with Gasteiger partial charge in [0.2, 0.25) is 5.91 Å². The Bertz CT molecular complexity index is 503. The lowest BCUT2D eigenvalue weighted by Gasteiger charge is -2.10. The van der Waals surface area contributed by atoms with Crippen molar-refractivity contribution in [3.8, 4) is 0 Å². The van der Waals surface area contributed by atoms with Gasteiger partial charge in [-0.25, -0.2) is 4.79 Å². The van der Waals surface area contributed by atoms with E-state index in [1.54, 1.807) is 24.3 Å². The van der Waals surface area contributed by atoms with Gasteiger partial charge in [-0.15, -0.1) is 11.6 Å². The third kappa shape index (κ3) is 5.60. The molecule has 0 aliphatic rings. The lowest BCUT2D eigenvalue weighted by Crippen LogP contribution is -2.38. The molecule has 0 aromatic heterocycles. The average Bonchev–Trinajstić information content (AvgIpc) is 2.46. The summed E-state index contributed by atoms with van der Waals surface area (Å²) in [4.78, 5) is 25.6. The summed E-state index contributed by atoms with van der Waals surface area (Å²) in [6.45, 7) is 0.0433. The number of azide groups is 1. The van der Waals surface area contributed by atoms with Crippen LogP contribution in [0.1, 0.15) is 12.0 Å². The van der Waals surface area contributed by atoms with Crippen LogP contribution in [0.25, 0.3) is 10.4 Å². The summed E-state index contributed by atoms with van der Waals surface area (Å²) < 4.78 is 4.87. The van der Waals surface area contributed by atoms with Gasteiger partial charge in [-0.05, 0) is 17.5 Å². The summed E-state index contributed by atoms with van der Waals surface area (Å²) in [5, 5.41) is 5.26. The van der Waals surface area contributed by atoms with Gasteiger partial charge < -0.3 is 4.74 Å². The molecule has 0 radical (unpaired) electrons. The molecule has 1 unspecified atom stereocenters. The van der Waals surface area contributed by atoms with Crippen molar-refractivity contribution < 1.29 is 14.3 Å². The highest BCUT2D eigenvalue weighted by Gasteiger charge is 2.19. The van der Waals surface area contributed by atoms with E-state index < -0.39 is 18.0 Å². The van der Waals surface area contributed by atoms with Crippen LogP contribution in [0.15, 0.2) is 35.4 Å². The van der Waals surface area contributed by atoms with Crippen molar-refractivity contribution in [3.63, 3.8) is 0 Å². The highest BCUT2D eigenvalue weighted by atomic mass is 35.5. The Balaban J connectivity index is 2.44. The van der Waals surface area contributed by atoms with Gasteiger partial charge in [-0.1, -0.05) is 35.4 Å². The molecule has 7 nitrogen and oxygen atoms in total. The number of alkyl carbamates (subject to hydrolysis) is 1. The molecule has 106 valence electrons. The largest absolute Gasteiger partial charge is 0.444 e. The Kier molecular flexibility index (Phi) is 6.95. The van der Waals surface area contributed by atoms with Crippen molar-refractivity contribution in [2.75, 3.05) is 5.88 Å². The van der Waals surface area contributed by atoms with Gasteiger partial charge in [0.15, 0.2) is 0 Å². The SMILES string of the molecule is [N-]=[N+]=NC(CCCl)C(=O)NC(=O)OCc1ccccc1. The Hall–Kier alpha value is -2.24. The summed E-state index contributed by atoms with van der Waals surface area (Å²) in [6, 6.07) is 7.99. The standard InChI is InChI=1S/C12H13ClN4O3/c13-7-6-10(16-17-14)11(18)15-12(19)20-8-9-4-2-1-3-5-9/h1-5,10H,6-8H2,(H,15,18,19). The first-order valence-electron chi connectivity index (χ1n) is 5.79. The Morgan fingerprint density at radius 3 is 2.70 bits per heavy atom. The van der Waals surface area contributed by atoms with E-state index in [2.05, 4.69) is 10.0 Å². The smallest absolute Gasteiger partial charge is 0.414 e. The van der Waals surface area contributed by atoms with E-state index in [-0.39, 0.29) is 18.9 Å². The fourth-order valence-corrected chi connectivity index (χ4v) is 1.56. The van der Waals surface area contributed by atoms with E-state index in [0.717, 1.165) is 5.56 Å². The number of nitrogens with one attached hydrogen (secondary N) is 1. The highest BCUT2D eigenvalue weighted by molar-refractivity contribution is 6.18. The van der Waals surface area contributed by atoms with Crippen LogP contribution in [0.3, 0.4) is 0 Å². The molecule has 1 aromatic carbocycles. The number of hydrogen-bond acceptors (Lipinski definition) is 4. The van der Waals surface area contributed by atoms with Crippen molar-refractivity contribution in [2.24, 2.45) is 5.11 Å². The molecule has 0 bridgehead atoms. The fourth-order valence-electron chi connectivity index (χ4n) is 1.35. The maximum absolute atomic E-state index is 11.6. The zero-order chi connectivity index (χ0) is 14.8. The van der Waals surface area contributed by atoms with Crippen LogP contribution in [-0.2, 0) is 16.1 Å². The lowest BCUT2D eigenvalue weighted by molar-refractivity contribution is -0.121. The molecule has 0 aliphatic heterocycles. The molecule has 1 rings (SSSR count). The monoisotopic (exact) mass is 296 g/mol. The molecule has 8 heteroatoms. The van der Waals surface area contributed by atoms with Crippen molar-refractivity contribution >= 4 is 23.6 Å². The highest BCUT2D eigenvalue weighted by Crippen LogP contribution is 2.03. The van der Waals surface area contributed by atoms with Gasteiger partial charge in [-0.2, -0.15) is 0 Å². The molecular weight excluding hydrogens is 284 g/mol. The molecule has 1 N–H and O–H groups in total. The van der Waals surface area contributed by atoms with Crippen molar-refractivity contribution in [1.82, 2.24) is 5.32 Å². The van der Waals surface area contributed by atoms with Crippen LogP contribution in [0.5, 0.6) is 0 Å². The minimum Gasteiger partial charge on any atom is -0.444 e. The fraction of sp³-hybridized carbons (Fsp3) is 0.333. The molecule has 0 heterocycles. The Morgan fingerprint density at radius 2 is 2.10 bits per heavy atom. The van der Waals surface area contributed by atoms with E-state index in [1.807, 2.05) is 11.4 Å². The van der Waals surface area contributed by atoms with E-state index in [4.69, 9.17) is 21.9 Å². The van der Waals surface area contributed by atoms with Gasteiger partial charge in [0, 0.05) is 10.8 Å². The first-order valence-corrected chi connectivity index (χ1v) is 6.32. The van der Waals surface area contributed by atoms with E-state index in [1.165, 1.54) is 0 Å². The number of nitrogens with zero attached hydrogens (tertiary/aromatic N) is 3. The first-order chi connectivity index (χ1) is 9.67. The van der Waals surface area contributed by atoms with Gasteiger partial charge >= 0.3 is 6.09 Å². The number of carbonyl (C=O) groups is 2. The van der Waals surface area contributed by atoms with Gasteiger partial charge in [-0.3, -0.25) is 10.1 Å². The number of amides is 2. The van der Waals surface area contributed by atoms with Gasteiger partial charge in [0.1, 0.15) is 12.6 Å². The van der Waals surface area contributed by atoms with Crippen molar-refractivity contribution in [1.29, 1.82) is 0 Å². The number of halogens is 1. The summed E-state index contributed by atoms with van der Waals surface area (Å²) in [5.41, 5.74) is 9.11. The molecule has 1 aromatic rings. The predicted octanol–water partition coefficient (Wildman–Crippen LogP) is 2.75. The van der Waals surface area contributed by atoms with Crippen LogP contribution in [0.4, 0.5) is 4.79 Å². The zero-order valence-corrected chi connectivity index (χ0v) is 11.3. The Labute approximate surface area is 120 Å². The number of ether oxygens (including phenoxy) is 1. The van der Waals surface area contributed by atoms with E-state index in [0.29, 0.717) is 0 Å². The zero-order valence-electron chi connectivity index (χ0n) is 10.5. The summed E-state index contributed by atoms with van der Waals surface area (Å²) >= 11 is 5.47. The maximum Gasteiger partial charge on any atom is 0.414 e. The number of rotatable bonds is 6. The summed E-state index contributed by atoms with van der Waals surface area (Å²) in [7, 11) is 0. The second kappa shape index (κ2) is 8.79. The minimum atomic E-state index is -1.03. The second-order valence-electron chi connectivity index (χ2n) is 3.75. The molecule has 1 atom stereocenters. The van der Waals surface area contributed by atoms with Crippen LogP contribution in [-0.4, -0.2) is 23.9 Å².